The zero-order chi connectivity index (χ0) is 19.5. The van der Waals surface area contributed by atoms with E-state index in [1.165, 1.54) is 11.1 Å². The molecule has 1 aliphatic carbocycles. The molecule has 1 aromatic carbocycles. The van der Waals surface area contributed by atoms with E-state index in [9.17, 15) is 4.79 Å². The van der Waals surface area contributed by atoms with Gasteiger partial charge < -0.3 is 14.8 Å². The van der Waals surface area contributed by atoms with Gasteiger partial charge in [0.05, 0.1) is 5.57 Å². The number of allylic oxidation sites excluding steroid dienone is 1. The molecule has 0 bridgehead atoms. The molecule has 1 aromatic rings. The van der Waals surface area contributed by atoms with Crippen molar-refractivity contribution in [1.29, 1.82) is 0 Å². The van der Waals surface area contributed by atoms with E-state index in [1.807, 2.05) is 6.08 Å². The van der Waals surface area contributed by atoms with Crippen molar-refractivity contribution in [1.82, 2.24) is 10.2 Å². The molecule has 0 aromatic heterocycles. The lowest BCUT2D eigenvalue weighted by molar-refractivity contribution is -0.118. The summed E-state index contributed by atoms with van der Waals surface area (Å²) in [6.07, 6.45) is 5.84. The minimum atomic E-state index is -0.0633. The number of nitrogens with zero attached hydrogens (tertiary/aromatic N) is 1. The minimum absolute atomic E-state index is 0.0633. The number of fused-ring (bicyclic) bond motifs is 1. The van der Waals surface area contributed by atoms with Crippen LogP contribution in [0.2, 0.25) is 0 Å². The molecule has 2 aliphatic heterocycles. The van der Waals surface area contributed by atoms with Crippen LogP contribution in [0.3, 0.4) is 0 Å². The van der Waals surface area contributed by atoms with Gasteiger partial charge in [-0.05, 0) is 30.3 Å². The van der Waals surface area contributed by atoms with Crippen molar-refractivity contribution in [2.75, 3.05) is 32.6 Å². The van der Waals surface area contributed by atoms with Gasteiger partial charge >= 0.3 is 0 Å². The molecule has 0 fully saturated rings. The number of nitrogens with one attached hydrogen (secondary N) is 1. The topological polar surface area (TPSA) is 50.8 Å². The second-order valence-electron chi connectivity index (χ2n) is 7.41. The molecule has 28 heavy (non-hydrogen) atoms. The van der Waals surface area contributed by atoms with E-state index in [1.54, 1.807) is 11.8 Å². The Morgan fingerprint density at radius 3 is 2.79 bits per heavy atom. The van der Waals surface area contributed by atoms with Crippen LogP contribution in [0.1, 0.15) is 24.5 Å². The Hall–Kier alpha value is -1.92. The van der Waals surface area contributed by atoms with Crippen LogP contribution in [0.4, 0.5) is 0 Å². The molecule has 1 amide bonds. The van der Waals surface area contributed by atoms with E-state index < -0.39 is 0 Å². The Balaban J connectivity index is 1.46. The Kier molecular flexibility index (Phi) is 5.97. The summed E-state index contributed by atoms with van der Waals surface area (Å²) in [6, 6.07) is 8.91. The molecule has 2 atom stereocenters. The maximum Gasteiger partial charge on any atom is 0.254 e. The molecule has 5 nitrogen and oxygen atoms in total. The summed E-state index contributed by atoms with van der Waals surface area (Å²) in [5, 5.41) is 3.41. The SMILES string of the molecule is CCN1Cc2ccccc2C[C@H]1CNC(=O)C1=CC(SC)CC2=C1OCCO2. The van der Waals surface area contributed by atoms with Gasteiger partial charge in [0.2, 0.25) is 0 Å². The lowest BCUT2D eigenvalue weighted by atomic mass is 9.93. The number of hydrogen-bond acceptors (Lipinski definition) is 5. The molecular formula is C22H28N2O3S. The summed E-state index contributed by atoms with van der Waals surface area (Å²) in [4.78, 5) is 15.5. The van der Waals surface area contributed by atoms with Gasteiger partial charge in [-0.1, -0.05) is 37.3 Å². The van der Waals surface area contributed by atoms with E-state index >= 15 is 0 Å². The second kappa shape index (κ2) is 8.62. The van der Waals surface area contributed by atoms with Crippen molar-refractivity contribution >= 4 is 17.7 Å². The predicted molar refractivity (Wildman–Crippen MR) is 112 cm³/mol. The molecule has 6 heteroatoms. The normalized spacial score (nSPS) is 24.4. The molecule has 3 aliphatic rings. The third kappa shape index (κ3) is 3.94. The zero-order valence-corrected chi connectivity index (χ0v) is 17.4. The first kappa shape index (κ1) is 19.4. The van der Waals surface area contributed by atoms with Crippen LogP contribution in [0, 0.1) is 0 Å². The molecule has 4 rings (SSSR count). The van der Waals surface area contributed by atoms with Crippen LogP contribution in [0.25, 0.3) is 0 Å². The summed E-state index contributed by atoms with van der Waals surface area (Å²) in [6.45, 7) is 5.78. The zero-order valence-electron chi connectivity index (χ0n) is 16.6. The van der Waals surface area contributed by atoms with E-state index in [-0.39, 0.29) is 11.2 Å². The number of amides is 1. The molecule has 1 N–H and O–H groups in total. The molecule has 0 spiro atoms. The van der Waals surface area contributed by atoms with E-state index in [2.05, 4.69) is 47.7 Å². The fraction of sp³-hybridized carbons (Fsp3) is 0.500. The predicted octanol–water partition coefficient (Wildman–Crippen LogP) is 2.87. The number of ether oxygens (including phenoxy) is 2. The van der Waals surface area contributed by atoms with Crippen LogP contribution in [0.5, 0.6) is 0 Å². The largest absolute Gasteiger partial charge is 0.490 e. The summed E-state index contributed by atoms with van der Waals surface area (Å²) >= 11 is 1.73. The Morgan fingerprint density at radius 1 is 1.21 bits per heavy atom. The van der Waals surface area contributed by atoms with Crippen molar-refractivity contribution in [2.24, 2.45) is 0 Å². The van der Waals surface area contributed by atoms with Crippen molar-refractivity contribution in [2.45, 2.75) is 37.6 Å². The summed E-state index contributed by atoms with van der Waals surface area (Å²) in [5.41, 5.74) is 3.41. The van der Waals surface area contributed by atoms with Crippen LogP contribution in [-0.2, 0) is 27.2 Å². The van der Waals surface area contributed by atoms with Gasteiger partial charge in [0.25, 0.3) is 5.91 Å². The van der Waals surface area contributed by atoms with Crippen LogP contribution >= 0.6 is 11.8 Å². The monoisotopic (exact) mass is 400 g/mol. The third-order valence-corrected chi connectivity index (χ3v) is 6.67. The number of likely N-dealkylation sites (N-methyl/N-ethyl adjacent to an activating group) is 1. The standard InChI is InChI=1S/C22H28N2O3S/c1-3-24-14-16-7-5-4-6-15(16)10-17(24)13-23-22(25)19-11-18(28-2)12-20-21(19)27-9-8-26-20/h4-7,11,17-18H,3,8-10,12-14H2,1-2H3,(H,23,25)/t17-,18?/m0/s1. The van der Waals surface area contributed by atoms with Crippen molar-refractivity contribution in [3.63, 3.8) is 0 Å². The number of carbonyl (C=O) groups excluding carboxylic acids is 1. The molecular weight excluding hydrogens is 372 g/mol. The third-order valence-electron chi connectivity index (χ3n) is 5.76. The first-order chi connectivity index (χ1) is 13.7. The van der Waals surface area contributed by atoms with Gasteiger partial charge in [0, 0.05) is 30.8 Å². The highest BCUT2D eigenvalue weighted by Gasteiger charge is 2.32. The lowest BCUT2D eigenvalue weighted by Gasteiger charge is -2.36. The molecule has 150 valence electrons. The number of thioether (sulfide) groups is 1. The highest BCUT2D eigenvalue weighted by molar-refractivity contribution is 7.99. The number of rotatable bonds is 5. The first-order valence-corrected chi connectivity index (χ1v) is 11.3. The van der Waals surface area contributed by atoms with Crippen molar-refractivity contribution in [3.05, 3.63) is 58.6 Å². The Morgan fingerprint density at radius 2 is 2.00 bits per heavy atom. The second-order valence-corrected chi connectivity index (χ2v) is 8.48. The van der Waals surface area contributed by atoms with Gasteiger partial charge in [0.1, 0.15) is 19.0 Å². The van der Waals surface area contributed by atoms with Gasteiger partial charge in [0.15, 0.2) is 5.76 Å². The quantitative estimate of drug-likeness (QED) is 0.824. The molecule has 1 unspecified atom stereocenters. The average molecular weight is 401 g/mol. The van der Waals surface area contributed by atoms with Gasteiger partial charge in [-0.15, -0.1) is 0 Å². The maximum atomic E-state index is 13.0. The number of carbonyl (C=O) groups is 1. The summed E-state index contributed by atoms with van der Waals surface area (Å²) in [5.74, 6) is 1.39. The molecule has 0 saturated heterocycles. The van der Waals surface area contributed by atoms with E-state index in [0.717, 1.165) is 31.7 Å². The van der Waals surface area contributed by atoms with Gasteiger partial charge in [-0.2, -0.15) is 11.8 Å². The minimum Gasteiger partial charge on any atom is -0.490 e. The highest BCUT2D eigenvalue weighted by Crippen LogP contribution is 2.34. The van der Waals surface area contributed by atoms with Crippen LogP contribution in [0.15, 0.2) is 47.4 Å². The van der Waals surface area contributed by atoms with Gasteiger partial charge in [-0.25, -0.2) is 0 Å². The number of benzene rings is 1. The maximum absolute atomic E-state index is 13.0. The van der Waals surface area contributed by atoms with Crippen molar-refractivity contribution in [3.8, 4) is 0 Å². The fourth-order valence-corrected chi connectivity index (χ4v) is 4.78. The average Bonchev–Trinajstić information content (AvgIpc) is 2.75. The van der Waals surface area contributed by atoms with Crippen LogP contribution < -0.4 is 5.32 Å². The molecule has 2 heterocycles. The van der Waals surface area contributed by atoms with E-state index in [0.29, 0.717) is 37.1 Å². The Labute approximate surface area is 171 Å². The fourth-order valence-electron chi connectivity index (χ4n) is 4.19. The van der Waals surface area contributed by atoms with Crippen molar-refractivity contribution < 1.29 is 14.3 Å². The van der Waals surface area contributed by atoms with Crippen LogP contribution in [-0.4, -0.2) is 54.7 Å². The lowest BCUT2D eigenvalue weighted by Crippen LogP contribution is -2.47. The van der Waals surface area contributed by atoms with E-state index in [4.69, 9.17) is 9.47 Å². The summed E-state index contributed by atoms with van der Waals surface area (Å²) < 4.78 is 11.6. The Bertz CT molecular complexity index is 805. The summed E-state index contributed by atoms with van der Waals surface area (Å²) in [7, 11) is 0. The first-order valence-electron chi connectivity index (χ1n) is 10.0. The number of hydrogen-bond donors (Lipinski definition) is 1. The smallest absolute Gasteiger partial charge is 0.254 e. The molecule has 0 radical (unpaired) electrons. The molecule has 0 saturated carbocycles. The highest BCUT2D eigenvalue weighted by atomic mass is 32.2. The van der Waals surface area contributed by atoms with Gasteiger partial charge in [-0.3, -0.25) is 9.69 Å².